The van der Waals surface area contributed by atoms with Crippen LogP contribution in [0.4, 0.5) is 0 Å². The predicted octanol–water partition coefficient (Wildman–Crippen LogP) is 3.36. The molecule has 4 aromatic rings. The summed E-state index contributed by atoms with van der Waals surface area (Å²) in [5.74, 6) is 0. The number of nitrogens with zero attached hydrogens (tertiary/aromatic N) is 2. The van der Waals surface area contributed by atoms with Crippen LogP contribution in [0.1, 0.15) is 0 Å². The minimum absolute atomic E-state index is 0.120. The molecule has 1 N–H and O–H groups in total. The molecule has 0 bridgehead atoms. The van der Waals surface area contributed by atoms with E-state index in [1.165, 1.54) is 0 Å². The van der Waals surface area contributed by atoms with Crippen molar-refractivity contribution >= 4 is 29.4 Å². The molecule has 0 fully saturated rings. The van der Waals surface area contributed by atoms with Crippen LogP contribution in [0.5, 0.6) is 6.01 Å². The highest BCUT2D eigenvalue weighted by molar-refractivity contribution is 6.17. The number of hydrogen-bond acceptors (Lipinski definition) is 4. The molecule has 0 amide bonds. The summed E-state index contributed by atoms with van der Waals surface area (Å²) in [5, 5.41) is 12.1. The molecule has 109 valence electrons. The van der Waals surface area contributed by atoms with E-state index in [0.29, 0.717) is 7.69 Å². The van der Waals surface area contributed by atoms with Crippen LogP contribution in [0, 0.1) is 0 Å². The summed E-state index contributed by atoms with van der Waals surface area (Å²) in [5.41, 5.74) is 2.53. The lowest BCUT2D eigenvalue weighted by molar-refractivity contribution is 0.432. The zero-order valence-corrected chi connectivity index (χ0v) is 12.2. The lowest BCUT2D eigenvalue weighted by Crippen LogP contribution is -2.05. The SMILES string of the molecule is O[B]Oc1nc(-c2ccccc2)c2c(ccc3ccccc32)n1. The van der Waals surface area contributed by atoms with Crippen LogP contribution in [0.25, 0.3) is 32.9 Å². The van der Waals surface area contributed by atoms with E-state index in [1.807, 2.05) is 54.6 Å². The molecular formula is C18H12BN2O2. The molecule has 1 heterocycles. The second-order valence-electron chi connectivity index (χ2n) is 5.12. The van der Waals surface area contributed by atoms with E-state index in [2.05, 4.69) is 22.1 Å². The molecule has 0 aliphatic heterocycles. The Morgan fingerprint density at radius 3 is 2.43 bits per heavy atom. The summed E-state index contributed by atoms with van der Waals surface area (Å²) in [6.45, 7) is 0. The third-order valence-corrected chi connectivity index (χ3v) is 3.77. The fourth-order valence-corrected chi connectivity index (χ4v) is 2.79. The third kappa shape index (κ3) is 2.41. The van der Waals surface area contributed by atoms with Crippen molar-refractivity contribution in [2.75, 3.05) is 0 Å². The van der Waals surface area contributed by atoms with Gasteiger partial charge in [0.15, 0.2) is 0 Å². The summed E-state index contributed by atoms with van der Waals surface area (Å²) >= 11 is 0. The average Bonchev–Trinajstić information content (AvgIpc) is 2.62. The second kappa shape index (κ2) is 5.70. The van der Waals surface area contributed by atoms with Crippen LogP contribution < -0.4 is 4.65 Å². The molecule has 0 unspecified atom stereocenters. The summed E-state index contributed by atoms with van der Waals surface area (Å²) in [7, 11) is 0.594. The largest absolute Gasteiger partial charge is 0.571 e. The maximum atomic E-state index is 8.90. The van der Waals surface area contributed by atoms with Gasteiger partial charge in [-0.25, -0.2) is 0 Å². The molecular weight excluding hydrogens is 287 g/mol. The Labute approximate surface area is 133 Å². The van der Waals surface area contributed by atoms with Crippen molar-refractivity contribution in [1.82, 2.24) is 9.97 Å². The van der Waals surface area contributed by atoms with E-state index >= 15 is 0 Å². The molecule has 0 atom stereocenters. The summed E-state index contributed by atoms with van der Waals surface area (Å²) in [4.78, 5) is 8.86. The Morgan fingerprint density at radius 1 is 0.826 bits per heavy atom. The number of rotatable bonds is 3. The Kier molecular flexibility index (Phi) is 3.40. The van der Waals surface area contributed by atoms with Gasteiger partial charge < -0.3 is 9.68 Å². The van der Waals surface area contributed by atoms with Crippen molar-refractivity contribution in [2.24, 2.45) is 0 Å². The molecule has 0 spiro atoms. The molecule has 3 aromatic carbocycles. The first kappa shape index (κ1) is 13.7. The number of benzene rings is 3. The van der Waals surface area contributed by atoms with Gasteiger partial charge in [-0.1, -0.05) is 60.7 Å². The molecule has 0 aliphatic rings. The van der Waals surface area contributed by atoms with Crippen LogP contribution in [-0.4, -0.2) is 22.7 Å². The van der Waals surface area contributed by atoms with E-state index in [4.69, 9.17) is 9.68 Å². The van der Waals surface area contributed by atoms with Gasteiger partial charge in [-0.15, -0.1) is 0 Å². The summed E-state index contributed by atoms with van der Waals surface area (Å²) in [6.07, 6.45) is 0. The van der Waals surface area contributed by atoms with Gasteiger partial charge in [0.05, 0.1) is 11.2 Å². The maximum absolute atomic E-state index is 8.90. The Balaban J connectivity index is 2.13. The molecule has 1 radical (unpaired) electrons. The molecule has 4 rings (SSSR count). The monoisotopic (exact) mass is 299 g/mol. The smallest absolute Gasteiger partial charge is 0.509 e. The van der Waals surface area contributed by atoms with E-state index < -0.39 is 0 Å². The van der Waals surface area contributed by atoms with Gasteiger partial charge in [0.2, 0.25) is 0 Å². The fraction of sp³-hybridized carbons (Fsp3) is 0. The van der Waals surface area contributed by atoms with E-state index in [1.54, 1.807) is 0 Å². The minimum Gasteiger partial charge on any atom is -0.509 e. The predicted molar refractivity (Wildman–Crippen MR) is 91.1 cm³/mol. The molecule has 1 aromatic heterocycles. The summed E-state index contributed by atoms with van der Waals surface area (Å²) in [6, 6.07) is 22.1. The van der Waals surface area contributed by atoms with Gasteiger partial charge in [0, 0.05) is 10.9 Å². The van der Waals surface area contributed by atoms with E-state index in [9.17, 15) is 0 Å². The van der Waals surface area contributed by atoms with Gasteiger partial charge in [0.1, 0.15) is 0 Å². The van der Waals surface area contributed by atoms with Crippen LogP contribution in [-0.2, 0) is 0 Å². The van der Waals surface area contributed by atoms with Crippen LogP contribution >= 0.6 is 0 Å². The van der Waals surface area contributed by atoms with Gasteiger partial charge in [-0.3, -0.25) is 0 Å². The quantitative estimate of drug-likeness (QED) is 0.465. The van der Waals surface area contributed by atoms with Crippen LogP contribution in [0.2, 0.25) is 0 Å². The van der Waals surface area contributed by atoms with Crippen LogP contribution in [0.3, 0.4) is 0 Å². The number of hydrogen-bond donors (Lipinski definition) is 1. The fourth-order valence-electron chi connectivity index (χ4n) is 2.79. The zero-order valence-electron chi connectivity index (χ0n) is 12.2. The Morgan fingerprint density at radius 2 is 1.61 bits per heavy atom. The number of aromatic nitrogens is 2. The number of fused-ring (bicyclic) bond motifs is 3. The van der Waals surface area contributed by atoms with Gasteiger partial charge >= 0.3 is 13.7 Å². The zero-order chi connectivity index (χ0) is 15.6. The lowest BCUT2D eigenvalue weighted by atomic mass is 10.0. The van der Waals surface area contributed by atoms with E-state index in [0.717, 1.165) is 32.9 Å². The standard InChI is InChI=1S/C18H12BN2O2/c22-19-23-18-20-15-11-10-12-6-4-5-9-14(12)16(15)17(21-18)13-7-2-1-3-8-13/h1-11,22H. The Bertz CT molecular complexity index is 990. The third-order valence-electron chi connectivity index (χ3n) is 3.77. The van der Waals surface area contributed by atoms with E-state index in [-0.39, 0.29) is 6.01 Å². The summed E-state index contributed by atoms with van der Waals surface area (Å²) < 4.78 is 5.00. The maximum Gasteiger partial charge on any atom is 0.571 e. The first-order valence-electron chi connectivity index (χ1n) is 7.24. The molecule has 23 heavy (non-hydrogen) atoms. The van der Waals surface area contributed by atoms with Gasteiger partial charge in [0.25, 0.3) is 0 Å². The molecule has 4 nitrogen and oxygen atoms in total. The van der Waals surface area contributed by atoms with Crippen molar-refractivity contribution in [2.45, 2.75) is 0 Å². The highest BCUT2D eigenvalue weighted by Gasteiger charge is 2.13. The normalized spacial score (nSPS) is 10.8. The lowest BCUT2D eigenvalue weighted by Gasteiger charge is -2.11. The van der Waals surface area contributed by atoms with Gasteiger partial charge in [-0.2, -0.15) is 9.97 Å². The average molecular weight is 299 g/mol. The molecule has 0 saturated heterocycles. The topological polar surface area (TPSA) is 55.2 Å². The van der Waals surface area contributed by atoms with Crippen molar-refractivity contribution < 1.29 is 9.68 Å². The van der Waals surface area contributed by atoms with Crippen LogP contribution in [0.15, 0.2) is 66.7 Å². The minimum atomic E-state index is 0.120. The first-order chi connectivity index (χ1) is 11.4. The Hall–Kier alpha value is -2.92. The van der Waals surface area contributed by atoms with Gasteiger partial charge in [-0.05, 0) is 16.8 Å². The molecule has 5 heteroatoms. The van der Waals surface area contributed by atoms with Crippen molar-refractivity contribution in [3.05, 3.63) is 66.7 Å². The second-order valence-corrected chi connectivity index (χ2v) is 5.12. The van der Waals surface area contributed by atoms with Crippen molar-refractivity contribution in [1.29, 1.82) is 0 Å². The van der Waals surface area contributed by atoms with Crippen molar-refractivity contribution in [3.63, 3.8) is 0 Å². The highest BCUT2D eigenvalue weighted by atomic mass is 16.5. The highest BCUT2D eigenvalue weighted by Crippen LogP contribution is 2.33. The first-order valence-corrected chi connectivity index (χ1v) is 7.24. The molecule has 0 saturated carbocycles. The van der Waals surface area contributed by atoms with Crippen molar-refractivity contribution in [3.8, 4) is 17.3 Å². The molecule has 0 aliphatic carbocycles.